The molecule has 0 aliphatic rings. The molecule has 0 aliphatic heterocycles. The van der Waals surface area contributed by atoms with Crippen LogP contribution in [0.3, 0.4) is 0 Å². The van der Waals surface area contributed by atoms with Gasteiger partial charge < -0.3 is 36.4 Å². The number of carbonyl (C=O) groups excluding carboxylic acids is 2. The van der Waals surface area contributed by atoms with Crippen LogP contribution >= 0.6 is 0 Å². The molecule has 0 saturated carbocycles. The maximum absolute atomic E-state index is 13.2. The van der Waals surface area contributed by atoms with Crippen LogP contribution < -0.4 is 284 Å². The fourth-order valence-corrected chi connectivity index (χ4v) is 5.88. The van der Waals surface area contributed by atoms with E-state index in [0.29, 0.717) is 0 Å². The first-order valence-corrected chi connectivity index (χ1v) is 18.2. The van der Waals surface area contributed by atoms with Gasteiger partial charge in [-0.05, 0) is 11.4 Å². The van der Waals surface area contributed by atoms with Crippen LogP contribution in [-0.2, 0) is 10.8 Å². The second-order valence-electron chi connectivity index (χ2n) is 15.4. The normalized spacial score (nSPS) is 11.1. The zero-order valence-electron chi connectivity index (χ0n) is 38.9. The summed E-state index contributed by atoms with van der Waals surface area (Å²) >= 11 is 0. The third-order valence-electron chi connectivity index (χ3n) is 8.89. The minimum Gasteiger partial charge on any atom is -0.844 e. The minimum atomic E-state index is -1.45. The second-order valence-corrected chi connectivity index (χ2v) is 15.4. The Morgan fingerprint density at radius 2 is 1.12 bits per heavy atom. The molecule has 5 heterocycles. The second kappa shape index (κ2) is 26.3. The van der Waals surface area contributed by atoms with Gasteiger partial charge in [0.05, 0.1) is 36.4 Å². The van der Waals surface area contributed by atoms with E-state index in [0.717, 1.165) is 9.36 Å². The predicted octanol–water partition coefficient (Wildman–Crippen LogP) is -12.0. The Bertz CT molecular complexity index is 2950. The number of carboxylic acids is 2. The molecular weight excluding hydrogens is 1010 g/mol. The summed E-state index contributed by atoms with van der Waals surface area (Å²) in [6, 6.07) is 14.2. The number of hydrogen-bond acceptors (Lipinski definition) is 19. The van der Waals surface area contributed by atoms with E-state index < -0.39 is 28.8 Å². The molecule has 0 aliphatic carbocycles. The first-order chi connectivity index (χ1) is 29.8. The molecule has 316 valence electrons. The molecule has 7 rings (SSSR count). The van der Waals surface area contributed by atoms with Gasteiger partial charge in [0.2, 0.25) is 0 Å². The van der Waals surface area contributed by atoms with Crippen LogP contribution in [-0.4, -0.2) is 66.0 Å². The van der Waals surface area contributed by atoms with Crippen molar-refractivity contribution in [2.75, 3.05) is 11.5 Å². The monoisotopic (exact) mass is 1040 g/mol. The molecule has 0 unspecified atom stereocenters. The zero-order valence-corrected chi connectivity index (χ0v) is 54.5. The van der Waals surface area contributed by atoms with Gasteiger partial charge in [-0.25, -0.2) is 14.8 Å². The van der Waals surface area contributed by atoms with Gasteiger partial charge in [0.15, 0.2) is 34.6 Å². The maximum atomic E-state index is 13.2. The molecule has 24 nitrogen and oxygen atoms in total. The number of nitriles is 1. The van der Waals surface area contributed by atoms with Crippen molar-refractivity contribution in [2.24, 2.45) is 20.5 Å². The summed E-state index contributed by atoms with van der Waals surface area (Å²) in [5, 5.41) is 81.0. The van der Waals surface area contributed by atoms with Gasteiger partial charge in [-0.1, -0.05) is 41.5 Å². The molecule has 5 aromatic heterocycles. The number of nitrogens with two attached hydrogens (primary N) is 2. The standard InChI is InChI=1S/C39H33N19O5.5K/c1-38(2,3)27-25(49-51-31-21(16-40)17-44-55(31)22-12-8-10-19(14-22)33(59)60)29(41)57(53-27)35-46-36(48-37(63)47-35)58-30(42)26(28(54-58)39(4,5)6)50-52-32-24(43-7)18-45-56(32)23-13-9-11-20(15-23)34(61)62;;;;;/h10-15,17-18H,41-42H2,1-6H3,(H,59,60)(H,61,62)(H,46,47,48,63);;;;;/q-2;5*+1/p-3. The van der Waals surface area contributed by atoms with E-state index in [-0.39, 0.29) is 349 Å². The summed E-state index contributed by atoms with van der Waals surface area (Å²) in [4.78, 5) is 38.9. The van der Waals surface area contributed by atoms with Gasteiger partial charge in [-0.3, -0.25) is 9.36 Å². The number of carboxylic acid groups (broad SMARTS) is 2. The van der Waals surface area contributed by atoms with Crippen LogP contribution in [0.15, 0.2) is 69.2 Å². The van der Waals surface area contributed by atoms with Gasteiger partial charge in [-0.15, -0.1) is 43.7 Å². The summed E-state index contributed by atoms with van der Waals surface area (Å²) in [5.74, 6) is -4.11. The number of aromatic nitrogens is 11. The number of rotatable bonds is 10. The topological polar surface area (TPSA) is 343 Å². The number of azo groups is 2. The SMILES string of the molecule is [C-]#[N+]c1cnn(-c2c[c-]cc(C(=O)[O-])c2)c1N=Nc1c(C(C)(C)C)nn(-c2nc([O-])nc(-n3nc(C(C)(C)C)c(N=Nc4c(C#N)cnn4-c4c[c-]cc(C(=O)[O-])c4)c3N)n2)c1N.[K+].[K+].[K+].[K+].[K+]. The van der Waals surface area contributed by atoms with Crippen molar-refractivity contribution in [2.45, 2.75) is 52.4 Å². The first-order valence-electron chi connectivity index (χ1n) is 18.2. The van der Waals surface area contributed by atoms with Crippen LogP contribution in [0.1, 0.15) is 79.2 Å². The predicted molar refractivity (Wildman–Crippen MR) is 213 cm³/mol. The first kappa shape index (κ1) is 63.1. The summed E-state index contributed by atoms with van der Waals surface area (Å²) in [7, 11) is 0. The van der Waals surface area contributed by atoms with Crippen molar-refractivity contribution >= 4 is 52.3 Å². The number of anilines is 2. The maximum Gasteiger partial charge on any atom is 1.00 e. The number of benzene rings is 2. The third-order valence-corrected chi connectivity index (χ3v) is 8.89. The van der Waals surface area contributed by atoms with Crippen LogP contribution in [0, 0.1) is 30.0 Å². The molecule has 0 spiro atoms. The van der Waals surface area contributed by atoms with Crippen molar-refractivity contribution in [3.63, 3.8) is 0 Å². The smallest absolute Gasteiger partial charge is 0.844 e. The van der Waals surface area contributed by atoms with Crippen molar-refractivity contribution < 1.29 is 282 Å². The van der Waals surface area contributed by atoms with Crippen molar-refractivity contribution in [1.82, 2.24) is 54.1 Å². The third kappa shape index (κ3) is 13.8. The molecule has 0 atom stereocenters. The molecule has 0 amide bonds. The summed E-state index contributed by atoms with van der Waals surface area (Å²) in [5.41, 5.74) is 12.3. The van der Waals surface area contributed by atoms with E-state index in [2.05, 4.69) is 72.8 Å². The molecule has 2 aromatic carbocycles. The minimum absolute atomic E-state index is 0. The summed E-state index contributed by atoms with van der Waals surface area (Å²) < 4.78 is 4.48. The largest absolute Gasteiger partial charge is 1.00 e. The van der Waals surface area contributed by atoms with E-state index in [1.807, 2.05) is 47.6 Å². The fraction of sp³-hybridized carbons (Fsp3) is 0.205. The Morgan fingerprint density at radius 3 is 1.53 bits per heavy atom. The average Bonchev–Trinajstić information content (AvgIpc) is 4.01. The molecule has 4 N–H and O–H groups in total. The average molecular weight is 1040 g/mol. The Balaban J connectivity index is 0.00000317. The quantitative estimate of drug-likeness (QED) is 0.0730. The van der Waals surface area contributed by atoms with Crippen molar-refractivity contribution in [3.8, 4) is 35.4 Å². The summed E-state index contributed by atoms with van der Waals surface area (Å²) in [6.07, 6.45) is 2.45. The molecule has 0 bridgehead atoms. The fourth-order valence-electron chi connectivity index (χ4n) is 5.88. The number of hydrogen-bond donors (Lipinski definition) is 2. The Morgan fingerprint density at radius 1 is 0.691 bits per heavy atom. The number of carbonyl (C=O) groups is 2. The van der Waals surface area contributed by atoms with E-state index >= 15 is 0 Å². The Kier molecular flexibility index (Phi) is 24.4. The summed E-state index contributed by atoms with van der Waals surface area (Å²) in [6.45, 7) is 18.6. The van der Waals surface area contributed by atoms with Crippen LogP contribution in [0.2, 0.25) is 0 Å². The molecule has 29 heteroatoms. The molecule has 0 radical (unpaired) electrons. The van der Waals surface area contributed by atoms with Gasteiger partial charge in [0, 0.05) is 22.8 Å². The molecule has 68 heavy (non-hydrogen) atoms. The van der Waals surface area contributed by atoms with Crippen LogP contribution in [0.5, 0.6) is 6.01 Å². The zero-order chi connectivity index (χ0) is 45.5. The van der Waals surface area contributed by atoms with Crippen LogP contribution in [0.25, 0.3) is 28.1 Å². The number of nitrogens with zero attached hydrogens (tertiary/aromatic N) is 17. The van der Waals surface area contributed by atoms with Crippen molar-refractivity contribution in [3.05, 3.63) is 100 Å². The Hall–Kier alpha value is -1.01. The van der Waals surface area contributed by atoms with Crippen molar-refractivity contribution in [1.29, 1.82) is 5.26 Å². The molecular formula is C39H30K5N19O5. The van der Waals surface area contributed by atoms with Gasteiger partial charge in [0.25, 0.3) is 17.6 Å². The molecule has 7 aromatic rings. The van der Waals surface area contributed by atoms with E-state index in [1.165, 1.54) is 58.2 Å². The van der Waals surface area contributed by atoms with E-state index in [9.17, 15) is 30.2 Å². The van der Waals surface area contributed by atoms with E-state index in [1.54, 1.807) is 0 Å². The van der Waals surface area contributed by atoms with E-state index in [4.69, 9.17) is 18.0 Å². The molecule has 0 fully saturated rings. The van der Waals surface area contributed by atoms with Crippen LogP contribution in [0.4, 0.5) is 40.3 Å². The van der Waals surface area contributed by atoms with Gasteiger partial charge >= 0.3 is 257 Å². The number of nitrogen functional groups attached to an aromatic ring is 2. The Labute approximate surface area is 600 Å². The van der Waals surface area contributed by atoms with Gasteiger partial charge in [-0.2, -0.15) is 76.4 Å². The molecule has 0 saturated heterocycles. The van der Waals surface area contributed by atoms with Gasteiger partial charge in [0.1, 0.15) is 11.6 Å². The number of aromatic carboxylic acids is 2.